The van der Waals surface area contributed by atoms with Crippen LogP contribution in [0.1, 0.15) is 18.4 Å². The Morgan fingerprint density at radius 2 is 1.80 bits per heavy atom. The fraction of sp³-hybridized carbons (Fsp3) is 0.300. The van der Waals surface area contributed by atoms with E-state index in [0.717, 1.165) is 18.5 Å². The third kappa shape index (κ3) is 4.44. The molecule has 0 aliphatic carbocycles. The van der Waals surface area contributed by atoms with E-state index in [9.17, 15) is 14.0 Å². The number of nitrogens with zero attached hydrogens (tertiary/aromatic N) is 1. The molecule has 0 bridgehead atoms. The predicted octanol–water partition coefficient (Wildman–Crippen LogP) is 3.25. The van der Waals surface area contributed by atoms with Gasteiger partial charge in [0.2, 0.25) is 11.8 Å². The van der Waals surface area contributed by atoms with Crippen molar-refractivity contribution in [3.63, 3.8) is 0 Å². The molecule has 2 aromatic rings. The van der Waals surface area contributed by atoms with Crippen molar-refractivity contribution in [3.8, 4) is 0 Å². The number of amides is 2. The molecule has 1 fully saturated rings. The minimum atomic E-state index is -0.369. The lowest BCUT2D eigenvalue weighted by atomic mass is 9.96. The summed E-state index contributed by atoms with van der Waals surface area (Å²) >= 11 is 0. The van der Waals surface area contributed by atoms with E-state index in [1.807, 2.05) is 30.3 Å². The molecule has 1 N–H and O–H groups in total. The van der Waals surface area contributed by atoms with Crippen molar-refractivity contribution in [2.24, 2.45) is 5.92 Å². The van der Waals surface area contributed by atoms with Gasteiger partial charge < -0.3 is 10.2 Å². The number of likely N-dealkylation sites (tertiary alicyclic amines) is 1. The van der Waals surface area contributed by atoms with Gasteiger partial charge in [-0.05, 0) is 36.6 Å². The van der Waals surface area contributed by atoms with Crippen molar-refractivity contribution in [2.75, 3.05) is 18.4 Å². The average Bonchev–Trinajstić information content (AvgIpc) is 2.64. The molecule has 0 aromatic heterocycles. The van der Waals surface area contributed by atoms with Crippen molar-refractivity contribution in [3.05, 3.63) is 66.0 Å². The standard InChI is InChI=1S/C20H21FN2O2/c21-18-11-5-4-7-15(18)13-19(24)23-12-6-8-16(14-23)20(25)22-17-9-2-1-3-10-17/h1-5,7,9-11,16H,6,8,12-14H2,(H,22,25). The number of hydrogen-bond acceptors (Lipinski definition) is 2. The highest BCUT2D eigenvalue weighted by Crippen LogP contribution is 2.20. The van der Waals surface area contributed by atoms with Gasteiger partial charge in [-0.25, -0.2) is 4.39 Å². The molecule has 0 radical (unpaired) electrons. The molecular weight excluding hydrogens is 319 g/mol. The number of rotatable bonds is 4. The molecule has 3 rings (SSSR count). The van der Waals surface area contributed by atoms with Crippen LogP contribution in [-0.2, 0) is 16.0 Å². The number of carbonyl (C=O) groups excluding carboxylic acids is 2. The average molecular weight is 340 g/mol. The topological polar surface area (TPSA) is 49.4 Å². The van der Waals surface area contributed by atoms with Gasteiger partial charge in [-0.3, -0.25) is 9.59 Å². The lowest BCUT2D eigenvalue weighted by Gasteiger charge is -2.32. The Hall–Kier alpha value is -2.69. The van der Waals surface area contributed by atoms with E-state index in [4.69, 9.17) is 0 Å². The largest absolute Gasteiger partial charge is 0.342 e. The van der Waals surface area contributed by atoms with Gasteiger partial charge in [-0.1, -0.05) is 36.4 Å². The number of benzene rings is 2. The molecule has 130 valence electrons. The van der Waals surface area contributed by atoms with Gasteiger partial charge in [0.1, 0.15) is 5.82 Å². The Balaban J connectivity index is 1.59. The summed E-state index contributed by atoms with van der Waals surface area (Å²) in [4.78, 5) is 26.6. The van der Waals surface area contributed by atoms with E-state index in [1.165, 1.54) is 6.07 Å². The molecule has 1 aliphatic rings. The van der Waals surface area contributed by atoms with Crippen LogP contribution in [0.2, 0.25) is 0 Å². The number of hydrogen-bond donors (Lipinski definition) is 1. The summed E-state index contributed by atoms with van der Waals surface area (Å²) < 4.78 is 13.7. The predicted molar refractivity (Wildman–Crippen MR) is 94.5 cm³/mol. The maximum Gasteiger partial charge on any atom is 0.229 e. The van der Waals surface area contributed by atoms with Crippen LogP contribution < -0.4 is 5.32 Å². The smallest absolute Gasteiger partial charge is 0.229 e. The first-order chi connectivity index (χ1) is 12.1. The lowest BCUT2D eigenvalue weighted by molar-refractivity contribution is -0.134. The summed E-state index contributed by atoms with van der Waals surface area (Å²) in [6.45, 7) is 0.994. The zero-order valence-electron chi connectivity index (χ0n) is 14.0. The van der Waals surface area contributed by atoms with Crippen LogP contribution in [0.15, 0.2) is 54.6 Å². The third-order valence-corrected chi connectivity index (χ3v) is 4.49. The first kappa shape index (κ1) is 17.1. The molecular formula is C20H21FN2O2. The van der Waals surface area contributed by atoms with E-state index in [1.54, 1.807) is 23.1 Å². The molecule has 4 nitrogen and oxygen atoms in total. The van der Waals surface area contributed by atoms with Crippen molar-refractivity contribution in [2.45, 2.75) is 19.3 Å². The van der Waals surface area contributed by atoms with Gasteiger partial charge >= 0.3 is 0 Å². The second kappa shape index (κ2) is 7.92. The van der Waals surface area contributed by atoms with Gasteiger partial charge in [-0.2, -0.15) is 0 Å². The van der Waals surface area contributed by atoms with Crippen molar-refractivity contribution in [1.29, 1.82) is 0 Å². The number of halogens is 1. The molecule has 1 heterocycles. The summed E-state index contributed by atoms with van der Waals surface area (Å²) in [6.07, 6.45) is 1.55. The third-order valence-electron chi connectivity index (χ3n) is 4.49. The summed E-state index contributed by atoms with van der Waals surface area (Å²) in [7, 11) is 0. The Morgan fingerprint density at radius 1 is 1.08 bits per heavy atom. The maximum atomic E-state index is 13.7. The van der Waals surface area contributed by atoms with Gasteiger partial charge in [-0.15, -0.1) is 0 Å². The highest BCUT2D eigenvalue weighted by atomic mass is 19.1. The Labute approximate surface area is 146 Å². The summed E-state index contributed by atoms with van der Waals surface area (Å²) in [5.41, 5.74) is 1.14. The van der Waals surface area contributed by atoms with E-state index in [0.29, 0.717) is 18.7 Å². The van der Waals surface area contributed by atoms with Crippen molar-refractivity contribution >= 4 is 17.5 Å². The minimum absolute atomic E-state index is 0.0275. The van der Waals surface area contributed by atoms with Gasteiger partial charge in [0.25, 0.3) is 0 Å². The molecule has 0 spiro atoms. The molecule has 1 unspecified atom stereocenters. The van der Waals surface area contributed by atoms with Gasteiger partial charge in [0.05, 0.1) is 12.3 Å². The number of carbonyl (C=O) groups is 2. The molecule has 1 saturated heterocycles. The van der Waals surface area contributed by atoms with E-state index < -0.39 is 0 Å². The van der Waals surface area contributed by atoms with Crippen LogP contribution in [0.5, 0.6) is 0 Å². The van der Waals surface area contributed by atoms with Crippen molar-refractivity contribution in [1.82, 2.24) is 4.90 Å². The summed E-state index contributed by atoms with van der Waals surface area (Å²) in [5, 5.41) is 2.89. The summed E-state index contributed by atoms with van der Waals surface area (Å²) in [6, 6.07) is 15.6. The SMILES string of the molecule is O=C(Nc1ccccc1)C1CCCN(C(=O)Cc2ccccc2F)C1. The highest BCUT2D eigenvalue weighted by Gasteiger charge is 2.28. The zero-order valence-corrected chi connectivity index (χ0v) is 14.0. The first-order valence-electron chi connectivity index (χ1n) is 8.50. The first-order valence-corrected chi connectivity index (χ1v) is 8.50. The number of anilines is 1. The second-order valence-corrected chi connectivity index (χ2v) is 6.30. The number of nitrogens with one attached hydrogen (secondary N) is 1. The number of para-hydroxylation sites is 1. The van der Waals surface area contributed by atoms with Crippen LogP contribution in [0.4, 0.5) is 10.1 Å². The molecule has 25 heavy (non-hydrogen) atoms. The normalized spacial score (nSPS) is 17.2. The summed E-state index contributed by atoms with van der Waals surface area (Å²) in [5.74, 6) is -0.818. The Kier molecular flexibility index (Phi) is 5.43. The van der Waals surface area contributed by atoms with Crippen molar-refractivity contribution < 1.29 is 14.0 Å². The van der Waals surface area contributed by atoms with Crippen LogP contribution >= 0.6 is 0 Å². The Bertz CT molecular complexity index is 748. The van der Waals surface area contributed by atoms with Crippen LogP contribution in [0.25, 0.3) is 0 Å². The van der Waals surface area contributed by atoms with E-state index >= 15 is 0 Å². The lowest BCUT2D eigenvalue weighted by Crippen LogP contribution is -2.44. The monoisotopic (exact) mass is 340 g/mol. The molecule has 1 aliphatic heterocycles. The van der Waals surface area contributed by atoms with E-state index in [2.05, 4.69) is 5.32 Å². The van der Waals surface area contributed by atoms with Gasteiger partial charge in [0.15, 0.2) is 0 Å². The van der Waals surface area contributed by atoms with E-state index in [-0.39, 0.29) is 30.0 Å². The fourth-order valence-electron chi connectivity index (χ4n) is 3.10. The Morgan fingerprint density at radius 3 is 2.56 bits per heavy atom. The second-order valence-electron chi connectivity index (χ2n) is 6.30. The molecule has 2 amide bonds. The van der Waals surface area contributed by atoms with Crippen LogP contribution in [-0.4, -0.2) is 29.8 Å². The molecule has 0 saturated carbocycles. The number of piperidine rings is 1. The quantitative estimate of drug-likeness (QED) is 0.929. The molecule has 1 atom stereocenters. The molecule has 2 aromatic carbocycles. The zero-order chi connectivity index (χ0) is 17.6. The minimum Gasteiger partial charge on any atom is -0.342 e. The van der Waals surface area contributed by atoms with Crippen LogP contribution in [0.3, 0.4) is 0 Å². The van der Waals surface area contributed by atoms with Crippen LogP contribution in [0, 0.1) is 11.7 Å². The maximum absolute atomic E-state index is 13.7. The fourth-order valence-corrected chi connectivity index (χ4v) is 3.10. The van der Waals surface area contributed by atoms with Gasteiger partial charge in [0, 0.05) is 18.8 Å². The highest BCUT2D eigenvalue weighted by molar-refractivity contribution is 5.93. The molecule has 5 heteroatoms.